The fraction of sp³-hybridized carbons (Fsp3) is 0.836. The fourth-order valence-corrected chi connectivity index (χ4v) is 5.74. The number of aliphatic hydroxyl groups excluding tert-OH is 3. The number of ether oxygens (including phenoxy) is 10. The van der Waals surface area contributed by atoms with Crippen LogP contribution in [0.2, 0.25) is 0 Å². The molecule has 41 heteroatoms. The van der Waals surface area contributed by atoms with Crippen LogP contribution in [-0.2, 0) is 95.3 Å². The van der Waals surface area contributed by atoms with Gasteiger partial charge in [0.1, 0.15) is 13.2 Å². The number of methoxy groups -OCH3 is 7. The second-order valence-electron chi connectivity index (χ2n) is 25.8. The second kappa shape index (κ2) is 107. The second-order valence-corrected chi connectivity index (χ2v) is 26.5. The Kier molecular flexibility index (Phi) is 125. The standard InChI is InChI=1S/C10H20N2O3.C10H19NO4.C9H18N2O3.C9H17NO4.C6H13NO3.C5H7ClO3.C5H14N2.C5H13NO.C4H12N2.2C4H11NO.C2H3ClO2/c1-12(2)8-4-7-11-9(13)5-6-10(14)15-3;1-11(2)7-4-8-15-10(13)6-5-9(12)14-3;1-11(2)7-6-10-8(12)4-5-9(13)14-3;1-10(2)6-7-14-9(12)5-4-8(11)13-3;1-7(2)4-5-10-6(8)9-3;1-9-5(8)3-2-4(6)7;1-7(2)5-3-4-6;1-6(2)4-3-5-7;1-6(2)4-3-5;2*1-5(2)3-4-6;1-5-2(3)4/h4-8H2,1-3H3,(H,11,13);4-8H2,1-3H3;4-7H2,1-3H3,(H,10,12);4-7H2,1-3H3;4-5H2,1-3H3;2-3H2,1H3;3-6H2,1-2H3;7H,3-5H2,1-2H3;3-5H2,1-2H3;2*6H,3-4H2,1-2H3;1H3. The predicted molar refractivity (Wildman–Crippen MR) is 445 cm³/mol. The minimum absolute atomic E-state index is 0.0498. The Morgan fingerprint density at radius 3 is 0.807 bits per heavy atom. The number of carbonyl (C=O) groups is 12. The minimum atomic E-state index is -0.773. The number of carbonyl (C=O) groups excluding carboxylic acids is 12. The summed E-state index contributed by atoms with van der Waals surface area (Å²) in [5.74, 6) is -2.82. The van der Waals surface area contributed by atoms with E-state index in [1.807, 2.05) is 156 Å². The Morgan fingerprint density at radius 1 is 0.281 bits per heavy atom. The number of nitrogens with zero attached hydrogens (tertiary/aromatic N) is 10. The number of hydrogen-bond donors (Lipinski definition) is 7. The molecule has 0 aliphatic carbocycles. The van der Waals surface area contributed by atoms with E-state index >= 15 is 0 Å². The molecular weight excluding hydrogens is 1540 g/mol. The van der Waals surface area contributed by atoms with E-state index < -0.39 is 28.8 Å². The van der Waals surface area contributed by atoms with Crippen LogP contribution in [0.3, 0.4) is 0 Å². The van der Waals surface area contributed by atoms with E-state index in [0.717, 1.165) is 97.7 Å². The maximum absolute atomic E-state index is 11.2. The van der Waals surface area contributed by atoms with Crippen molar-refractivity contribution in [1.82, 2.24) is 59.6 Å². The van der Waals surface area contributed by atoms with Crippen LogP contribution in [0, 0.1) is 0 Å². The molecule has 0 unspecified atom stereocenters. The molecule has 2 amide bonds. The number of likely N-dealkylation sites (N-methyl/N-ethyl adjacent to an activating group) is 6. The molecule has 0 aromatic carbocycles. The molecule has 0 spiro atoms. The number of amides is 2. The van der Waals surface area contributed by atoms with Gasteiger partial charge in [0.15, 0.2) is 0 Å². The third-order valence-corrected chi connectivity index (χ3v) is 12.3. The first-order valence-electron chi connectivity index (χ1n) is 36.7. The Labute approximate surface area is 694 Å². The number of esters is 7. The first kappa shape index (κ1) is 134. The van der Waals surface area contributed by atoms with Gasteiger partial charge in [-0.15, -0.1) is 0 Å². The van der Waals surface area contributed by atoms with E-state index in [1.54, 1.807) is 0 Å². The first-order chi connectivity index (χ1) is 53.2. The number of halogens is 2. The van der Waals surface area contributed by atoms with Gasteiger partial charge in [-0.2, -0.15) is 0 Å². The van der Waals surface area contributed by atoms with Crippen molar-refractivity contribution >= 4 is 93.6 Å². The van der Waals surface area contributed by atoms with Crippen molar-refractivity contribution in [2.45, 2.75) is 89.9 Å². The van der Waals surface area contributed by atoms with Crippen molar-refractivity contribution in [3.8, 4) is 0 Å². The Balaban J connectivity index is -0.000000101. The lowest BCUT2D eigenvalue weighted by atomic mass is 10.3. The predicted octanol–water partition coefficient (Wildman–Crippen LogP) is 0.546. The van der Waals surface area contributed by atoms with Crippen LogP contribution in [0.4, 0.5) is 9.59 Å². The molecule has 0 fully saturated rings. The highest BCUT2D eigenvalue weighted by molar-refractivity contribution is 6.63. The quantitative estimate of drug-likeness (QED) is 0.0189. The molecule has 0 aliphatic rings. The summed E-state index contributed by atoms with van der Waals surface area (Å²) in [5.41, 5.74) is 9.66. The van der Waals surface area contributed by atoms with E-state index in [9.17, 15) is 57.5 Å². The van der Waals surface area contributed by atoms with Crippen molar-refractivity contribution in [2.75, 3.05) is 322 Å². The molecule has 39 nitrogen and oxygen atoms in total. The van der Waals surface area contributed by atoms with Gasteiger partial charge >= 0.3 is 53.4 Å². The summed E-state index contributed by atoms with van der Waals surface area (Å²) in [4.78, 5) is 147. The monoisotopic (exact) mass is 1700 g/mol. The molecule has 0 saturated carbocycles. The molecule has 0 radical (unpaired) electrons. The Hall–Kier alpha value is -6.38. The molecule has 0 atom stereocenters. The topological polar surface area (TPSA) is 466 Å². The third-order valence-electron chi connectivity index (χ3n) is 12.0. The van der Waals surface area contributed by atoms with Crippen LogP contribution in [0.25, 0.3) is 0 Å². The number of nitrogens with two attached hydrogens (primary N) is 2. The maximum Gasteiger partial charge on any atom is 0.508 e. The number of hydrogen-bond acceptors (Lipinski definition) is 37. The smallest absolute Gasteiger partial charge is 0.469 e. The zero-order valence-corrected chi connectivity index (χ0v) is 76.3. The molecular formula is C73H158Cl2N14O25. The molecule has 114 heavy (non-hydrogen) atoms. The summed E-state index contributed by atoms with van der Waals surface area (Å²) in [6, 6.07) is 0. The zero-order valence-electron chi connectivity index (χ0n) is 74.7. The van der Waals surface area contributed by atoms with Gasteiger partial charge in [-0.05, 0) is 204 Å². The van der Waals surface area contributed by atoms with E-state index in [1.165, 1.54) is 49.8 Å². The van der Waals surface area contributed by atoms with Gasteiger partial charge in [-0.25, -0.2) is 9.59 Å². The summed E-state index contributed by atoms with van der Waals surface area (Å²) < 4.78 is 44.4. The van der Waals surface area contributed by atoms with E-state index in [4.69, 9.17) is 47.9 Å². The Morgan fingerprint density at radius 2 is 0.561 bits per heavy atom. The van der Waals surface area contributed by atoms with E-state index in [2.05, 4.69) is 93.8 Å². The molecule has 0 heterocycles. The van der Waals surface area contributed by atoms with Gasteiger partial charge < -0.3 is 134 Å². The lowest BCUT2D eigenvalue weighted by molar-refractivity contribution is -0.149. The first-order valence-corrected chi connectivity index (χ1v) is 37.5. The molecule has 0 aromatic heterocycles. The van der Waals surface area contributed by atoms with Gasteiger partial charge in [-0.1, -0.05) is 0 Å². The summed E-state index contributed by atoms with van der Waals surface area (Å²) in [6.07, 6.45) is 4.23. The summed E-state index contributed by atoms with van der Waals surface area (Å²) in [5, 5.41) is 29.6. The fourth-order valence-electron chi connectivity index (χ4n) is 5.65. The van der Waals surface area contributed by atoms with Crippen LogP contribution in [0.15, 0.2) is 0 Å². The molecule has 684 valence electrons. The SMILES string of the molecule is CN(C)CCCN.CN(C)CCCO.CN(C)CCN.CN(C)CCO.CN(C)CCO.COC(=O)CCC(=O)Cl.COC(=O)CCC(=O)NCCCN(C)C.COC(=O)CCC(=O)NCCN(C)C.COC(=O)CCC(=O)OCCCN(C)C.COC(=O)CCC(=O)OCCN(C)C.COC(=O)Cl.COC(=O)OCCN(C)C. The highest BCUT2D eigenvalue weighted by Crippen LogP contribution is 1.99. The molecule has 0 bridgehead atoms. The number of aliphatic hydroxyl groups is 3. The molecule has 9 N–H and O–H groups in total. The third kappa shape index (κ3) is 174. The van der Waals surface area contributed by atoms with Crippen LogP contribution in [-0.4, -0.2) is 457 Å². The average Bonchev–Trinajstić information content (AvgIpc) is 1.03. The summed E-state index contributed by atoms with van der Waals surface area (Å²) in [7, 11) is 48.1. The van der Waals surface area contributed by atoms with Crippen LogP contribution < -0.4 is 22.1 Å². The lowest BCUT2D eigenvalue weighted by Gasteiger charge is -2.09. The molecule has 0 saturated heterocycles. The van der Waals surface area contributed by atoms with Crippen molar-refractivity contribution < 1.29 is 120 Å². The Bertz CT molecular complexity index is 2100. The summed E-state index contributed by atoms with van der Waals surface area (Å²) in [6.45, 7) is 13.4. The highest BCUT2D eigenvalue weighted by Gasteiger charge is 2.11. The van der Waals surface area contributed by atoms with Gasteiger partial charge in [0, 0.05) is 103 Å². The van der Waals surface area contributed by atoms with E-state index in [-0.39, 0.29) is 119 Å². The van der Waals surface area contributed by atoms with Gasteiger partial charge in [0.2, 0.25) is 17.1 Å². The van der Waals surface area contributed by atoms with Gasteiger partial charge in [0.05, 0.1) is 115 Å². The molecule has 0 rings (SSSR count). The average molecular weight is 1700 g/mol. The molecule has 0 aromatic rings. The molecule has 0 aliphatic heterocycles. The van der Waals surface area contributed by atoms with E-state index in [0.29, 0.717) is 46.1 Å². The van der Waals surface area contributed by atoms with Crippen molar-refractivity contribution in [1.29, 1.82) is 0 Å². The van der Waals surface area contributed by atoms with Crippen LogP contribution in [0.1, 0.15) is 89.9 Å². The van der Waals surface area contributed by atoms with Crippen molar-refractivity contribution in [2.24, 2.45) is 11.5 Å². The van der Waals surface area contributed by atoms with Gasteiger partial charge in [0.25, 0.3) is 0 Å². The summed E-state index contributed by atoms with van der Waals surface area (Å²) >= 11 is 9.53. The normalized spacial score (nSPS) is 9.79. The zero-order chi connectivity index (χ0) is 91.2. The van der Waals surface area contributed by atoms with Crippen LogP contribution in [0.5, 0.6) is 0 Å². The number of rotatable bonds is 44. The van der Waals surface area contributed by atoms with Crippen molar-refractivity contribution in [3.63, 3.8) is 0 Å². The lowest BCUT2D eigenvalue weighted by Crippen LogP contribution is -2.31. The largest absolute Gasteiger partial charge is 0.508 e. The van der Waals surface area contributed by atoms with Gasteiger partial charge in [-0.3, -0.25) is 47.9 Å². The number of nitrogens with one attached hydrogen (secondary N) is 2. The van der Waals surface area contributed by atoms with Crippen molar-refractivity contribution in [3.05, 3.63) is 0 Å². The maximum atomic E-state index is 11.2. The minimum Gasteiger partial charge on any atom is -0.469 e. The highest BCUT2D eigenvalue weighted by atomic mass is 35.5. The van der Waals surface area contributed by atoms with Crippen LogP contribution >= 0.6 is 23.2 Å².